The van der Waals surface area contributed by atoms with E-state index in [0.29, 0.717) is 16.5 Å². The zero-order valence-electron chi connectivity index (χ0n) is 12.9. The van der Waals surface area contributed by atoms with Crippen LogP contribution in [0.4, 0.5) is 16.3 Å². The van der Waals surface area contributed by atoms with Crippen LogP contribution in [0, 0.1) is 11.3 Å². The zero-order chi connectivity index (χ0) is 17.4. The Morgan fingerprint density at radius 1 is 1.24 bits per heavy atom. The fourth-order valence-corrected chi connectivity index (χ4v) is 3.06. The molecule has 8 heteroatoms. The number of carbonyl (C=O) groups is 1. The van der Waals surface area contributed by atoms with Gasteiger partial charge in [-0.15, -0.1) is 5.10 Å². The lowest BCUT2D eigenvalue weighted by atomic mass is 10.1. The Morgan fingerprint density at radius 2 is 2.08 bits per heavy atom. The van der Waals surface area contributed by atoms with Gasteiger partial charge < -0.3 is 0 Å². The highest BCUT2D eigenvalue weighted by Gasteiger charge is 2.40. The van der Waals surface area contributed by atoms with Gasteiger partial charge in [0.15, 0.2) is 5.82 Å². The molecule has 1 saturated heterocycles. The first kappa shape index (κ1) is 15.3. The lowest BCUT2D eigenvalue weighted by Gasteiger charge is -2.20. The van der Waals surface area contributed by atoms with E-state index in [-0.39, 0.29) is 12.6 Å². The number of pyridine rings is 1. The van der Waals surface area contributed by atoms with Gasteiger partial charge in [0, 0.05) is 23.0 Å². The van der Waals surface area contributed by atoms with Crippen molar-refractivity contribution in [2.45, 2.75) is 6.04 Å². The van der Waals surface area contributed by atoms with Crippen LogP contribution in [-0.4, -0.2) is 33.8 Å². The molecule has 1 atom stereocenters. The lowest BCUT2D eigenvalue weighted by molar-refractivity contribution is 0.255. The molecule has 2 aromatic heterocycles. The quantitative estimate of drug-likeness (QED) is 0.709. The summed E-state index contributed by atoms with van der Waals surface area (Å²) in [7, 11) is 0. The molecule has 2 amide bonds. The second-order valence-corrected chi connectivity index (χ2v) is 5.96. The topological polar surface area (TPSA) is 86.0 Å². The molecule has 0 N–H and O–H groups in total. The van der Waals surface area contributed by atoms with Crippen LogP contribution < -0.4 is 9.80 Å². The lowest BCUT2D eigenvalue weighted by Crippen LogP contribution is -2.35. The fourth-order valence-electron chi connectivity index (χ4n) is 2.91. The fraction of sp³-hybridized carbons (Fsp3) is 0.118. The molecule has 1 aliphatic heterocycles. The van der Waals surface area contributed by atoms with Gasteiger partial charge in [0.05, 0.1) is 35.7 Å². The van der Waals surface area contributed by atoms with Crippen molar-refractivity contribution < 1.29 is 4.79 Å². The molecule has 0 aliphatic carbocycles. The van der Waals surface area contributed by atoms with Gasteiger partial charge in [0.2, 0.25) is 0 Å². The first-order chi connectivity index (χ1) is 12.2. The summed E-state index contributed by atoms with van der Waals surface area (Å²) in [5.41, 5.74) is 0.590. The summed E-state index contributed by atoms with van der Waals surface area (Å²) in [5, 5.41) is 19.4. The van der Waals surface area contributed by atoms with Crippen molar-refractivity contribution >= 4 is 39.9 Å². The van der Waals surface area contributed by atoms with Gasteiger partial charge in [-0.25, -0.2) is 4.79 Å². The monoisotopic (exact) mass is 350 g/mol. The van der Waals surface area contributed by atoms with Gasteiger partial charge in [-0.3, -0.25) is 14.8 Å². The normalized spacial score (nSPS) is 17.1. The van der Waals surface area contributed by atoms with Gasteiger partial charge in [-0.05, 0) is 0 Å². The molecule has 1 aliphatic rings. The second-order valence-electron chi connectivity index (χ2n) is 5.52. The molecular weight excluding hydrogens is 340 g/mol. The number of rotatable bonds is 2. The number of benzene rings is 1. The summed E-state index contributed by atoms with van der Waals surface area (Å²) in [5.74, 6) is 0.313. The van der Waals surface area contributed by atoms with Crippen molar-refractivity contribution in [3.05, 3.63) is 53.9 Å². The minimum Gasteiger partial charge on any atom is -0.273 e. The standard InChI is InChI=1S/C17H11ClN6O/c18-12-5-16(22-21-8-12)23-10-13(6-19)24(17(23)25)15-9-20-7-11-3-1-2-4-14(11)15/h1-5,7-9,13H,10H2/t13-/m0/s1. The van der Waals surface area contributed by atoms with Crippen molar-refractivity contribution in [2.24, 2.45) is 0 Å². The Labute approximate surface area is 148 Å². The number of aromatic nitrogens is 3. The number of fused-ring (bicyclic) bond motifs is 1. The maximum absolute atomic E-state index is 13.0. The van der Waals surface area contributed by atoms with E-state index in [2.05, 4.69) is 21.3 Å². The molecule has 0 unspecified atom stereocenters. The molecule has 122 valence electrons. The molecule has 0 radical (unpaired) electrons. The van der Waals surface area contributed by atoms with Crippen molar-refractivity contribution in [1.29, 1.82) is 5.26 Å². The Bertz CT molecular complexity index is 1010. The number of nitriles is 1. The van der Waals surface area contributed by atoms with E-state index in [1.54, 1.807) is 18.5 Å². The van der Waals surface area contributed by atoms with Gasteiger partial charge >= 0.3 is 6.03 Å². The number of urea groups is 1. The zero-order valence-corrected chi connectivity index (χ0v) is 13.6. The third-order valence-electron chi connectivity index (χ3n) is 4.04. The molecule has 0 spiro atoms. The number of carbonyl (C=O) groups excluding carboxylic acids is 1. The third-order valence-corrected chi connectivity index (χ3v) is 4.25. The molecule has 4 rings (SSSR count). The summed E-state index contributed by atoms with van der Waals surface area (Å²) in [6, 6.07) is 10.3. The Balaban J connectivity index is 1.81. The van der Waals surface area contributed by atoms with E-state index >= 15 is 0 Å². The average molecular weight is 351 g/mol. The minimum atomic E-state index is -0.666. The Morgan fingerprint density at radius 3 is 2.88 bits per heavy atom. The van der Waals surface area contributed by atoms with E-state index in [0.717, 1.165) is 10.8 Å². The maximum atomic E-state index is 13.0. The van der Waals surface area contributed by atoms with Crippen LogP contribution in [0.15, 0.2) is 48.9 Å². The number of hydrogen-bond donors (Lipinski definition) is 0. The van der Waals surface area contributed by atoms with Crippen LogP contribution in [0.2, 0.25) is 5.02 Å². The Hall–Kier alpha value is -3.24. The first-order valence-electron chi connectivity index (χ1n) is 7.50. The molecule has 0 bridgehead atoms. The van der Waals surface area contributed by atoms with E-state index in [1.807, 2.05) is 24.3 Å². The van der Waals surface area contributed by atoms with Gasteiger partial charge in [-0.1, -0.05) is 35.9 Å². The first-order valence-corrected chi connectivity index (χ1v) is 7.88. The van der Waals surface area contributed by atoms with E-state index < -0.39 is 6.04 Å². The second kappa shape index (κ2) is 6.00. The summed E-state index contributed by atoms with van der Waals surface area (Å²) in [4.78, 5) is 20.0. The smallest absolute Gasteiger partial charge is 0.273 e. The number of nitrogens with zero attached hydrogens (tertiary/aromatic N) is 6. The van der Waals surface area contributed by atoms with E-state index in [9.17, 15) is 10.1 Å². The predicted octanol–water partition coefficient (Wildman–Crippen LogP) is 3.02. The SMILES string of the molecule is N#C[C@H]1CN(c2cc(Cl)cnn2)C(=O)N1c1cncc2ccccc12. The third kappa shape index (κ3) is 2.53. The van der Waals surface area contributed by atoms with Crippen LogP contribution in [0.1, 0.15) is 0 Å². The van der Waals surface area contributed by atoms with Crippen LogP contribution >= 0.6 is 11.6 Å². The van der Waals surface area contributed by atoms with Gasteiger partial charge in [0.25, 0.3) is 0 Å². The highest BCUT2D eigenvalue weighted by Crippen LogP contribution is 2.32. The molecule has 25 heavy (non-hydrogen) atoms. The van der Waals surface area contributed by atoms with Crippen molar-refractivity contribution in [3.63, 3.8) is 0 Å². The predicted molar refractivity (Wildman–Crippen MR) is 93.4 cm³/mol. The Kier molecular flexibility index (Phi) is 3.67. The number of hydrogen-bond acceptors (Lipinski definition) is 5. The van der Waals surface area contributed by atoms with Crippen LogP contribution in [-0.2, 0) is 0 Å². The largest absolute Gasteiger partial charge is 0.331 e. The minimum absolute atomic E-state index is 0.174. The highest BCUT2D eigenvalue weighted by molar-refractivity contribution is 6.30. The molecule has 0 saturated carbocycles. The van der Waals surface area contributed by atoms with E-state index in [4.69, 9.17) is 11.6 Å². The van der Waals surface area contributed by atoms with Crippen molar-refractivity contribution in [1.82, 2.24) is 15.2 Å². The summed E-state index contributed by atoms with van der Waals surface area (Å²) >= 11 is 5.94. The van der Waals surface area contributed by atoms with Crippen molar-refractivity contribution in [3.8, 4) is 6.07 Å². The summed E-state index contributed by atoms with van der Waals surface area (Å²) < 4.78 is 0. The molecular formula is C17H11ClN6O. The van der Waals surface area contributed by atoms with Crippen LogP contribution in [0.5, 0.6) is 0 Å². The summed E-state index contributed by atoms with van der Waals surface area (Å²) in [6.07, 6.45) is 4.71. The van der Waals surface area contributed by atoms with Crippen LogP contribution in [0.25, 0.3) is 10.8 Å². The van der Waals surface area contributed by atoms with E-state index in [1.165, 1.54) is 16.0 Å². The maximum Gasteiger partial charge on any atom is 0.331 e. The number of anilines is 2. The molecule has 3 heterocycles. The number of amides is 2. The molecule has 1 fully saturated rings. The summed E-state index contributed by atoms with van der Waals surface area (Å²) in [6.45, 7) is 0.174. The van der Waals surface area contributed by atoms with Crippen LogP contribution in [0.3, 0.4) is 0 Å². The molecule has 7 nitrogen and oxygen atoms in total. The molecule has 3 aromatic rings. The average Bonchev–Trinajstić information content (AvgIpc) is 2.97. The van der Waals surface area contributed by atoms with Gasteiger partial charge in [-0.2, -0.15) is 10.4 Å². The highest BCUT2D eigenvalue weighted by atomic mass is 35.5. The number of halogens is 1. The molecule has 1 aromatic carbocycles. The van der Waals surface area contributed by atoms with Crippen molar-refractivity contribution in [2.75, 3.05) is 16.3 Å². The van der Waals surface area contributed by atoms with Gasteiger partial charge in [0.1, 0.15) is 6.04 Å².